The normalized spacial score (nSPS) is 17.1. The first kappa shape index (κ1) is 14.8. The molecule has 0 atom stereocenters. The van der Waals surface area contributed by atoms with Gasteiger partial charge in [0.25, 0.3) is 0 Å². The zero-order valence-electron chi connectivity index (χ0n) is 12.8. The number of nitrogens with zero attached hydrogens (tertiary/aromatic N) is 2. The number of hydrogen-bond donors (Lipinski definition) is 0. The highest BCUT2D eigenvalue weighted by atomic mass is 16.6. The lowest BCUT2D eigenvalue weighted by Gasteiger charge is -2.33. The van der Waals surface area contributed by atoms with Gasteiger partial charge in [-0.25, -0.2) is 0 Å². The van der Waals surface area contributed by atoms with Crippen LogP contribution in [0.4, 0.5) is 5.69 Å². The molecule has 1 aromatic rings. The number of carbonyl (C=O) groups excluding carboxylic acids is 1. The van der Waals surface area contributed by atoms with E-state index in [-0.39, 0.29) is 11.9 Å². The number of anilines is 1. The van der Waals surface area contributed by atoms with Crippen LogP contribution in [-0.4, -0.2) is 29.6 Å². The molecule has 20 heavy (non-hydrogen) atoms. The van der Waals surface area contributed by atoms with Crippen molar-refractivity contribution >= 4 is 11.7 Å². The zero-order valence-corrected chi connectivity index (χ0v) is 12.8. The Balaban J connectivity index is 1.91. The Kier molecular flexibility index (Phi) is 4.31. The molecule has 1 aliphatic rings. The summed E-state index contributed by atoms with van der Waals surface area (Å²) in [5.41, 5.74) is 1.83. The standard InChI is InChI=1S/C16H24N2O2/c1-12-11-14(5-8-17-12)18-9-6-13(7-10-18)15(19)20-16(2,3)4/h5,8,11,13H,6-7,9-10H2,1-4H3. The summed E-state index contributed by atoms with van der Waals surface area (Å²) in [6, 6.07) is 4.12. The van der Waals surface area contributed by atoms with Crippen LogP contribution in [0.25, 0.3) is 0 Å². The van der Waals surface area contributed by atoms with E-state index in [1.807, 2.05) is 40.0 Å². The van der Waals surface area contributed by atoms with E-state index >= 15 is 0 Å². The molecule has 0 saturated carbocycles. The van der Waals surface area contributed by atoms with Gasteiger partial charge < -0.3 is 9.64 Å². The number of rotatable bonds is 2. The molecule has 1 aromatic heterocycles. The van der Waals surface area contributed by atoms with E-state index in [1.54, 1.807) is 0 Å². The van der Waals surface area contributed by atoms with Crippen molar-refractivity contribution in [3.05, 3.63) is 24.0 Å². The molecule has 1 fully saturated rings. The van der Waals surface area contributed by atoms with Gasteiger partial charge in [0, 0.05) is 30.7 Å². The van der Waals surface area contributed by atoms with Crippen molar-refractivity contribution in [2.75, 3.05) is 18.0 Å². The predicted octanol–water partition coefficient (Wildman–Crippen LogP) is 2.95. The number of esters is 1. The van der Waals surface area contributed by atoms with Gasteiger partial charge in [-0.15, -0.1) is 0 Å². The van der Waals surface area contributed by atoms with E-state index < -0.39 is 5.60 Å². The molecule has 0 aliphatic carbocycles. The average Bonchev–Trinajstić information content (AvgIpc) is 2.37. The summed E-state index contributed by atoms with van der Waals surface area (Å²) in [7, 11) is 0. The molecule has 110 valence electrons. The molecule has 0 unspecified atom stereocenters. The van der Waals surface area contributed by atoms with Crippen molar-refractivity contribution in [1.82, 2.24) is 4.98 Å². The summed E-state index contributed by atoms with van der Waals surface area (Å²) in [4.78, 5) is 18.6. The smallest absolute Gasteiger partial charge is 0.309 e. The summed E-state index contributed by atoms with van der Waals surface area (Å²) >= 11 is 0. The molecule has 4 nitrogen and oxygen atoms in total. The van der Waals surface area contributed by atoms with E-state index in [4.69, 9.17) is 4.74 Å². The van der Waals surface area contributed by atoms with Crippen molar-refractivity contribution in [3.63, 3.8) is 0 Å². The van der Waals surface area contributed by atoms with Gasteiger partial charge in [-0.3, -0.25) is 9.78 Å². The van der Waals surface area contributed by atoms with Gasteiger partial charge in [-0.1, -0.05) is 0 Å². The largest absolute Gasteiger partial charge is 0.460 e. The molecule has 2 heterocycles. The maximum Gasteiger partial charge on any atom is 0.309 e. The molecule has 1 saturated heterocycles. The van der Waals surface area contributed by atoms with Crippen LogP contribution < -0.4 is 4.90 Å². The lowest BCUT2D eigenvalue weighted by molar-refractivity contribution is -0.160. The topological polar surface area (TPSA) is 42.4 Å². The monoisotopic (exact) mass is 276 g/mol. The number of aryl methyl sites for hydroxylation is 1. The minimum Gasteiger partial charge on any atom is -0.460 e. The van der Waals surface area contributed by atoms with Gasteiger partial charge in [0.2, 0.25) is 0 Å². The highest BCUT2D eigenvalue weighted by molar-refractivity contribution is 5.73. The Morgan fingerprint density at radius 1 is 1.35 bits per heavy atom. The molecular formula is C16H24N2O2. The van der Waals surface area contributed by atoms with Crippen LogP contribution in [0.3, 0.4) is 0 Å². The number of ether oxygens (including phenoxy) is 1. The van der Waals surface area contributed by atoms with Gasteiger partial charge in [-0.05, 0) is 52.7 Å². The second-order valence-corrected chi connectivity index (χ2v) is 6.45. The first-order valence-corrected chi connectivity index (χ1v) is 7.25. The second kappa shape index (κ2) is 5.81. The number of pyridine rings is 1. The van der Waals surface area contributed by atoms with E-state index in [0.717, 1.165) is 31.6 Å². The molecule has 0 bridgehead atoms. The Bertz CT molecular complexity index is 472. The molecule has 2 rings (SSSR count). The highest BCUT2D eigenvalue weighted by Gasteiger charge is 2.29. The van der Waals surface area contributed by atoms with E-state index in [2.05, 4.69) is 16.0 Å². The van der Waals surface area contributed by atoms with Crippen LogP contribution in [0.15, 0.2) is 18.3 Å². The lowest BCUT2D eigenvalue weighted by Crippen LogP contribution is -2.38. The SMILES string of the molecule is Cc1cc(N2CCC(C(=O)OC(C)(C)C)CC2)ccn1. The summed E-state index contributed by atoms with van der Waals surface area (Å²) in [5, 5.41) is 0. The number of piperidine rings is 1. The molecule has 0 amide bonds. The molecular weight excluding hydrogens is 252 g/mol. The third-order valence-corrected chi connectivity index (χ3v) is 3.48. The zero-order chi connectivity index (χ0) is 14.8. The fourth-order valence-corrected chi connectivity index (χ4v) is 2.49. The van der Waals surface area contributed by atoms with Gasteiger partial charge in [0.1, 0.15) is 5.60 Å². The van der Waals surface area contributed by atoms with Crippen LogP contribution >= 0.6 is 0 Å². The van der Waals surface area contributed by atoms with Crippen LogP contribution in [-0.2, 0) is 9.53 Å². The fraction of sp³-hybridized carbons (Fsp3) is 0.625. The maximum atomic E-state index is 12.1. The third-order valence-electron chi connectivity index (χ3n) is 3.48. The van der Waals surface area contributed by atoms with Crippen molar-refractivity contribution in [1.29, 1.82) is 0 Å². The van der Waals surface area contributed by atoms with Gasteiger partial charge in [-0.2, -0.15) is 0 Å². The maximum absolute atomic E-state index is 12.1. The summed E-state index contributed by atoms with van der Waals surface area (Å²) in [6.07, 6.45) is 3.55. The molecule has 0 spiro atoms. The summed E-state index contributed by atoms with van der Waals surface area (Å²) < 4.78 is 5.47. The minimum atomic E-state index is -0.392. The molecule has 0 N–H and O–H groups in total. The van der Waals surface area contributed by atoms with Crippen LogP contribution in [0.1, 0.15) is 39.3 Å². The molecule has 4 heteroatoms. The predicted molar refractivity (Wildman–Crippen MR) is 79.8 cm³/mol. The summed E-state index contributed by atoms with van der Waals surface area (Å²) in [5.74, 6) is -0.0172. The molecule has 0 radical (unpaired) electrons. The lowest BCUT2D eigenvalue weighted by atomic mass is 9.96. The quantitative estimate of drug-likeness (QED) is 0.779. The Hall–Kier alpha value is -1.58. The van der Waals surface area contributed by atoms with Crippen molar-refractivity contribution < 1.29 is 9.53 Å². The summed E-state index contributed by atoms with van der Waals surface area (Å²) in [6.45, 7) is 9.54. The third kappa shape index (κ3) is 3.95. The number of carbonyl (C=O) groups is 1. The number of aromatic nitrogens is 1. The Morgan fingerprint density at radius 2 is 2.00 bits per heavy atom. The average molecular weight is 276 g/mol. The van der Waals surface area contributed by atoms with Crippen LogP contribution in [0.5, 0.6) is 0 Å². The Morgan fingerprint density at radius 3 is 2.55 bits per heavy atom. The highest BCUT2D eigenvalue weighted by Crippen LogP contribution is 2.25. The molecule has 0 aromatic carbocycles. The van der Waals surface area contributed by atoms with Gasteiger partial charge >= 0.3 is 5.97 Å². The molecule has 1 aliphatic heterocycles. The Labute approximate surface area is 121 Å². The van der Waals surface area contributed by atoms with Crippen molar-refractivity contribution in [2.24, 2.45) is 5.92 Å². The van der Waals surface area contributed by atoms with Crippen molar-refractivity contribution in [2.45, 2.75) is 46.1 Å². The second-order valence-electron chi connectivity index (χ2n) is 6.45. The van der Waals surface area contributed by atoms with Crippen molar-refractivity contribution in [3.8, 4) is 0 Å². The van der Waals surface area contributed by atoms with Gasteiger partial charge in [0.05, 0.1) is 5.92 Å². The fourth-order valence-electron chi connectivity index (χ4n) is 2.49. The first-order chi connectivity index (χ1) is 9.35. The van der Waals surface area contributed by atoms with E-state index in [0.29, 0.717) is 0 Å². The van der Waals surface area contributed by atoms with Crippen LogP contribution in [0.2, 0.25) is 0 Å². The number of hydrogen-bond acceptors (Lipinski definition) is 4. The first-order valence-electron chi connectivity index (χ1n) is 7.25. The van der Waals surface area contributed by atoms with E-state index in [9.17, 15) is 4.79 Å². The van der Waals surface area contributed by atoms with E-state index in [1.165, 1.54) is 5.69 Å². The minimum absolute atomic E-state index is 0.0356. The van der Waals surface area contributed by atoms with Crippen LogP contribution in [0, 0.1) is 12.8 Å². The van der Waals surface area contributed by atoms with Gasteiger partial charge in [0.15, 0.2) is 0 Å².